The Morgan fingerprint density at radius 2 is 2.27 bits per heavy atom. The number of hydrogen-bond donors (Lipinski definition) is 1. The van der Waals surface area contributed by atoms with Crippen LogP contribution >= 0.6 is 11.6 Å². The minimum absolute atomic E-state index is 0.0567. The number of nitrogens with one attached hydrogen (secondary N) is 1. The Balaban J connectivity index is 2.26. The van der Waals surface area contributed by atoms with Crippen molar-refractivity contribution >= 4 is 17.4 Å². The fourth-order valence-electron chi connectivity index (χ4n) is 1.79. The van der Waals surface area contributed by atoms with E-state index in [2.05, 4.69) is 5.32 Å². The summed E-state index contributed by atoms with van der Waals surface area (Å²) in [4.78, 5) is 11.4. The number of hydrogen-bond acceptors (Lipinski definition) is 2. The molecule has 1 aliphatic heterocycles. The van der Waals surface area contributed by atoms with Gasteiger partial charge in [0.2, 0.25) is 0 Å². The van der Waals surface area contributed by atoms with Gasteiger partial charge in [-0.2, -0.15) is 0 Å². The fourth-order valence-corrected chi connectivity index (χ4v) is 1.99. The maximum atomic E-state index is 11.4. The summed E-state index contributed by atoms with van der Waals surface area (Å²) in [7, 11) is 0. The molecule has 1 aliphatic rings. The molecular formula is C12H12ClNO. The van der Waals surface area contributed by atoms with Crippen molar-refractivity contribution in [2.24, 2.45) is 0 Å². The molecule has 2 rings (SSSR count). The van der Waals surface area contributed by atoms with Crippen LogP contribution in [-0.2, 0) is 4.79 Å². The molecule has 2 nitrogen and oxygen atoms in total. The first-order valence-corrected chi connectivity index (χ1v) is 5.26. The Bertz CT molecular complexity index is 425. The lowest BCUT2D eigenvalue weighted by Crippen LogP contribution is -2.26. The van der Waals surface area contributed by atoms with Gasteiger partial charge in [0.15, 0.2) is 5.78 Å². The number of carbonyl (C=O) groups is 1. The molecule has 1 heterocycles. The Hall–Kier alpha value is -1.28. The van der Waals surface area contributed by atoms with Crippen molar-refractivity contribution in [3.8, 4) is 0 Å². The second kappa shape index (κ2) is 4.07. The molecule has 0 saturated heterocycles. The smallest absolute Gasteiger partial charge is 0.159 e. The maximum absolute atomic E-state index is 11.4. The summed E-state index contributed by atoms with van der Waals surface area (Å²) in [5.74, 6) is 0.163. The first-order chi connectivity index (χ1) is 7.15. The minimum Gasteiger partial charge on any atom is -0.381 e. The number of rotatable bonds is 1. The molecule has 0 radical (unpaired) electrons. The van der Waals surface area contributed by atoms with E-state index in [-0.39, 0.29) is 11.8 Å². The van der Waals surface area contributed by atoms with Crippen molar-refractivity contribution in [1.82, 2.24) is 5.32 Å². The van der Waals surface area contributed by atoms with Crippen LogP contribution in [0.2, 0.25) is 5.02 Å². The third-order valence-electron chi connectivity index (χ3n) is 2.44. The van der Waals surface area contributed by atoms with Crippen LogP contribution in [0.15, 0.2) is 36.0 Å². The predicted octanol–water partition coefficient (Wildman–Crippen LogP) is 2.85. The van der Waals surface area contributed by atoms with E-state index in [4.69, 9.17) is 11.6 Å². The van der Waals surface area contributed by atoms with Gasteiger partial charge in [-0.3, -0.25) is 4.79 Å². The first-order valence-electron chi connectivity index (χ1n) is 4.88. The van der Waals surface area contributed by atoms with E-state index in [0.717, 1.165) is 11.3 Å². The Morgan fingerprint density at radius 3 is 2.93 bits per heavy atom. The van der Waals surface area contributed by atoms with Crippen molar-refractivity contribution in [3.63, 3.8) is 0 Å². The molecule has 1 aromatic rings. The van der Waals surface area contributed by atoms with Gasteiger partial charge < -0.3 is 5.32 Å². The van der Waals surface area contributed by atoms with Crippen LogP contribution in [0.4, 0.5) is 0 Å². The van der Waals surface area contributed by atoms with E-state index in [9.17, 15) is 4.79 Å². The molecule has 0 saturated carbocycles. The molecular weight excluding hydrogens is 210 g/mol. The lowest BCUT2D eigenvalue weighted by molar-refractivity contribution is -0.115. The van der Waals surface area contributed by atoms with Gasteiger partial charge in [-0.1, -0.05) is 23.7 Å². The van der Waals surface area contributed by atoms with E-state index < -0.39 is 0 Å². The van der Waals surface area contributed by atoms with E-state index in [1.54, 1.807) is 6.08 Å². The molecule has 78 valence electrons. The molecule has 0 spiro atoms. The normalized spacial score (nSPS) is 20.8. The number of halogens is 1. The van der Waals surface area contributed by atoms with Crippen LogP contribution < -0.4 is 5.32 Å². The SMILES string of the molecule is CC1=CC(=O)C[C@@H](c2cccc(Cl)c2)N1. The maximum Gasteiger partial charge on any atom is 0.159 e. The second-order valence-corrected chi connectivity index (χ2v) is 4.19. The monoisotopic (exact) mass is 221 g/mol. The molecule has 0 unspecified atom stereocenters. The topological polar surface area (TPSA) is 29.1 Å². The van der Waals surface area contributed by atoms with Crippen LogP contribution in [0.3, 0.4) is 0 Å². The number of ketones is 1. The van der Waals surface area contributed by atoms with Crippen LogP contribution in [-0.4, -0.2) is 5.78 Å². The van der Waals surface area contributed by atoms with Crippen molar-refractivity contribution in [1.29, 1.82) is 0 Å². The summed E-state index contributed by atoms with van der Waals surface area (Å²) in [6.07, 6.45) is 2.14. The summed E-state index contributed by atoms with van der Waals surface area (Å²) in [5, 5.41) is 3.97. The molecule has 0 aliphatic carbocycles. The highest BCUT2D eigenvalue weighted by molar-refractivity contribution is 6.30. The highest BCUT2D eigenvalue weighted by Crippen LogP contribution is 2.24. The number of benzene rings is 1. The zero-order valence-electron chi connectivity index (χ0n) is 8.46. The summed E-state index contributed by atoms with van der Waals surface area (Å²) in [5.41, 5.74) is 1.97. The summed E-state index contributed by atoms with van der Waals surface area (Å²) >= 11 is 5.91. The molecule has 1 aromatic carbocycles. The van der Waals surface area contributed by atoms with E-state index >= 15 is 0 Å². The predicted molar refractivity (Wildman–Crippen MR) is 60.7 cm³/mol. The van der Waals surface area contributed by atoms with Crippen LogP contribution in [0, 0.1) is 0 Å². The molecule has 0 amide bonds. The fraction of sp³-hybridized carbons (Fsp3) is 0.250. The van der Waals surface area contributed by atoms with Gasteiger partial charge in [-0.25, -0.2) is 0 Å². The zero-order valence-corrected chi connectivity index (χ0v) is 9.21. The highest BCUT2D eigenvalue weighted by atomic mass is 35.5. The molecule has 15 heavy (non-hydrogen) atoms. The van der Waals surface area contributed by atoms with Crippen molar-refractivity contribution in [2.75, 3.05) is 0 Å². The summed E-state index contributed by atoms with van der Waals surface area (Å²) in [6, 6.07) is 7.66. The summed E-state index contributed by atoms with van der Waals surface area (Å²) < 4.78 is 0. The molecule has 3 heteroatoms. The van der Waals surface area contributed by atoms with E-state index in [1.807, 2.05) is 31.2 Å². The van der Waals surface area contributed by atoms with Gasteiger partial charge in [0.25, 0.3) is 0 Å². The van der Waals surface area contributed by atoms with E-state index in [1.165, 1.54) is 0 Å². The van der Waals surface area contributed by atoms with Gasteiger partial charge in [0, 0.05) is 17.1 Å². The van der Waals surface area contributed by atoms with Gasteiger partial charge in [-0.15, -0.1) is 0 Å². The second-order valence-electron chi connectivity index (χ2n) is 3.75. The number of carbonyl (C=O) groups excluding carboxylic acids is 1. The van der Waals surface area contributed by atoms with Gasteiger partial charge >= 0.3 is 0 Å². The first kappa shape index (κ1) is 10.2. The quantitative estimate of drug-likeness (QED) is 0.790. The molecule has 1 atom stereocenters. The largest absolute Gasteiger partial charge is 0.381 e. The molecule has 1 N–H and O–H groups in total. The van der Waals surface area contributed by atoms with Crippen molar-refractivity contribution < 1.29 is 4.79 Å². The third kappa shape index (κ3) is 2.39. The lowest BCUT2D eigenvalue weighted by Gasteiger charge is -2.23. The third-order valence-corrected chi connectivity index (χ3v) is 2.67. The lowest BCUT2D eigenvalue weighted by atomic mass is 9.98. The Kier molecular flexibility index (Phi) is 2.78. The van der Waals surface area contributed by atoms with Gasteiger partial charge in [0.1, 0.15) is 0 Å². The summed E-state index contributed by atoms with van der Waals surface area (Å²) in [6.45, 7) is 1.90. The molecule has 0 fully saturated rings. The van der Waals surface area contributed by atoms with Crippen LogP contribution in [0.25, 0.3) is 0 Å². The van der Waals surface area contributed by atoms with Crippen LogP contribution in [0.1, 0.15) is 24.9 Å². The zero-order chi connectivity index (χ0) is 10.8. The Morgan fingerprint density at radius 1 is 1.47 bits per heavy atom. The average Bonchev–Trinajstić information content (AvgIpc) is 2.16. The number of allylic oxidation sites excluding steroid dienone is 2. The minimum atomic E-state index is 0.0567. The standard InChI is InChI=1S/C12H12ClNO/c1-8-5-11(15)7-12(14-8)9-3-2-4-10(13)6-9/h2-6,12,14H,7H2,1H3/t12-/m0/s1. The molecule has 0 aromatic heterocycles. The molecule has 0 bridgehead atoms. The highest BCUT2D eigenvalue weighted by Gasteiger charge is 2.19. The van der Waals surface area contributed by atoms with E-state index in [0.29, 0.717) is 11.4 Å². The average molecular weight is 222 g/mol. The van der Waals surface area contributed by atoms with Gasteiger partial charge in [-0.05, 0) is 30.7 Å². The van der Waals surface area contributed by atoms with Gasteiger partial charge in [0.05, 0.1) is 6.04 Å². The van der Waals surface area contributed by atoms with Crippen molar-refractivity contribution in [2.45, 2.75) is 19.4 Å². The Labute approximate surface area is 93.9 Å². The van der Waals surface area contributed by atoms with Crippen LogP contribution in [0.5, 0.6) is 0 Å². The van der Waals surface area contributed by atoms with Crippen molar-refractivity contribution in [3.05, 3.63) is 46.6 Å².